The molecule has 1 aromatic carbocycles. The summed E-state index contributed by atoms with van der Waals surface area (Å²) in [6, 6.07) is 10.3. The fourth-order valence-corrected chi connectivity index (χ4v) is 2.63. The molecule has 1 aliphatic heterocycles. The predicted molar refractivity (Wildman–Crippen MR) is 72.5 cm³/mol. The first kappa shape index (κ1) is 12.0. The molecular weight excluding hydrogens is 238 g/mol. The number of aromatic nitrogens is 2. The van der Waals surface area contributed by atoms with Gasteiger partial charge in [0.15, 0.2) is 0 Å². The summed E-state index contributed by atoms with van der Waals surface area (Å²) >= 11 is 0. The van der Waals surface area contributed by atoms with Gasteiger partial charge in [-0.05, 0) is 12.5 Å². The van der Waals surface area contributed by atoms with E-state index in [2.05, 4.69) is 22.1 Å². The van der Waals surface area contributed by atoms with Crippen LogP contribution < -0.4 is 0 Å². The van der Waals surface area contributed by atoms with Gasteiger partial charge >= 0.3 is 0 Å². The van der Waals surface area contributed by atoms with Crippen LogP contribution in [-0.4, -0.2) is 27.3 Å². The van der Waals surface area contributed by atoms with Crippen molar-refractivity contribution < 1.29 is 4.79 Å². The van der Waals surface area contributed by atoms with Crippen LogP contribution in [0.5, 0.6) is 0 Å². The zero-order valence-electron chi connectivity index (χ0n) is 11.0. The van der Waals surface area contributed by atoms with Gasteiger partial charge in [-0.3, -0.25) is 4.79 Å². The number of imidazole rings is 1. The number of hydrogen-bond donors (Lipinski definition) is 1. The van der Waals surface area contributed by atoms with Crippen LogP contribution in [0.2, 0.25) is 0 Å². The number of nitrogens with one attached hydrogen (secondary N) is 1. The summed E-state index contributed by atoms with van der Waals surface area (Å²) in [6.45, 7) is 3.34. The van der Waals surface area contributed by atoms with Crippen LogP contribution >= 0.6 is 0 Å². The summed E-state index contributed by atoms with van der Waals surface area (Å²) < 4.78 is 0. The van der Waals surface area contributed by atoms with Gasteiger partial charge in [0.05, 0.1) is 18.4 Å². The summed E-state index contributed by atoms with van der Waals surface area (Å²) in [5.41, 5.74) is 2.25. The van der Waals surface area contributed by atoms with Gasteiger partial charge in [-0.15, -0.1) is 0 Å². The number of benzene rings is 1. The van der Waals surface area contributed by atoms with E-state index in [1.54, 1.807) is 6.20 Å². The lowest BCUT2D eigenvalue weighted by Crippen LogP contribution is -2.24. The van der Waals surface area contributed by atoms with Gasteiger partial charge < -0.3 is 9.88 Å². The van der Waals surface area contributed by atoms with Crippen molar-refractivity contribution in [3.05, 3.63) is 53.6 Å². The summed E-state index contributed by atoms with van der Waals surface area (Å²) in [7, 11) is 0. The van der Waals surface area contributed by atoms with Crippen molar-refractivity contribution in [2.75, 3.05) is 6.54 Å². The van der Waals surface area contributed by atoms with Gasteiger partial charge in [0.2, 0.25) is 5.91 Å². The van der Waals surface area contributed by atoms with E-state index in [0.29, 0.717) is 18.9 Å². The van der Waals surface area contributed by atoms with Gasteiger partial charge in [0.25, 0.3) is 0 Å². The van der Waals surface area contributed by atoms with Crippen molar-refractivity contribution in [2.24, 2.45) is 0 Å². The van der Waals surface area contributed by atoms with E-state index in [9.17, 15) is 4.79 Å². The molecule has 1 fully saturated rings. The fraction of sp³-hybridized carbons (Fsp3) is 0.333. The van der Waals surface area contributed by atoms with Crippen molar-refractivity contribution >= 4 is 5.91 Å². The zero-order chi connectivity index (χ0) is 13.2. The molecule has 2 aromatic rings. The molecule has 1 aliphatic rings. The highest BCUT2D eigenvalue weighted by Crippen LogP contribution is 2.28. The Labute approximate surface area is 112 Å². The first-order valence-corrected chi connectivity index (χ1v) is 6.55. The molecule has 0 spiro atoms. The van der Waals surface area contributed by atoms with Crippen LogP contribution in [-0.2, 0) is 11.3 Å². The molecule has 19 heavy (non-hydrogen) atoms. The molecule has 3 rings (SSSR count). The lowest BCUT2D eigenvalue weighted by molar-refractivity contribution is -0.128. The maximum Gasteiger partial charge on any atom is 0.223 e. The van der Waals surface area contributed by atoms with E-state index >= 15 is 0 Å². The SMILES string of the molecule is Cc1ncc(CN2CC(c3ccccc3)CC2=O)[nH]1. The summed E-state index contributed by atoms with van der Waals surface area (Å²) in [5, 5.41) is 0. The molecule has 1 aromatic heterocycles. The third kappa shape index (κ3) is 2.52. The molecule has 98 valence electrons. The Morgan fingerprint density at radius 2 is 2.16 bits per heavy atom. The lowest BCUT2D eigenvalue weighted by Gasteiger charge is -2.15. The maximum atomic E-state index is 12.1. The van der Waals surface area contributed by atoms with E-state index in [1.807, 2.05) is 30.0 Å². The van der Waals surface area contributed by atoms with E-state index < -0.39 is 0 Å². The van der Waals surface area contributed by atoms with Crippen molar-refractivity contribution in [2.45, 2.75) is 25.8 Å². The zero-order valence-corrected chi connectivity index (χ0v) is 11.0. The third-order valence-electron chi connectivity index (χ3n) is 3.60. The number of carbonyl (C=O) groups is 1. The molecule has 1 unspecified atom stereocenters. The Balaban J connectivity index is 1.70. The first-order valence-electron chi connectivity index (χ1n) is 6.55. The van der Waals surface area contributed by atoms with E-state index in [4.69, 9.17) is 0 Å². The van der Waals surface area contributed by atoms with E-state index in [-0.39, 0.29) is 5.91 Å². The number of nitrogens with zero attached hydrogens (tertiary/aromatic N) is 2. The minimum Gasteiger partial charge on any atom is -0.345 e. The van der Waals surface area contributed by atoms with Gasteiger partial charge in [-0.25, -0.2) is 4.98 Å². The molecule has 2 heterocycles. The number of rotatable bonds is 3. The minimum atomic E-state index is 0.223. The van der Waals surface area contributed by atoms with Crippen molar-refractivity contribution in [3.63, 3.8) is 0 Å². The Bertz CT molecular complexity index is 576. The topological polar surface area (TPSA) is 49.0 Å². The second-order valence-corrected chi connectivity index (χ2v) is 5.08. The van der Waals surface area contributed by atoms with Crippen molar-refractivity contribution in [1.29, 1.82) is 0 Å². The third-order valence-corrected chi connectivity index (χ3v) is 3.60. The molecule has 1 atom stereocenters. The summed E-state index contributed by atoms with van der Waals surface area (Å²) in [4.78, 5) is 21.3. The number of likely N-dealkylation sites (tertiary alicyclic amines) is 1. The minimum absolute atomic E-state index is 0.223. The maximum absolute atomic E-state index is 12.1. The predicted octanol–water partition coefficient (Wildman–Crippen LogP) is 2.23. The number of carbonyl (C=O) groups excluding carboxylic acids is 1. The standard InChI is InChI=1S/C15H17N3O/c1-11-16-8-14(17-11)10-18-9-13(7-15(18)19)12-5-3-2-4-6-12/h2-6,8,13H,7,9-10H2,1H3,(H,16,17). The van der Waals surface area contributed by atoms with Crippen LogP contribution in [0.1, 0.15) is 29.4 Å². The molecule has 0 saturated carbocycles. The van der Waals surface area contributed by atoms with Gasteiger partial charge in [0, 0.05) is 18.9 Å². The second-order valence-electron chi connectivity index (χ2n) is 5.08. The summed E-state index contributed by atoms with van der Waals surface area (Å²) in [6.07, 6.45) is 2.41. The molecule has 1 saturated heterocycles. The quantitative estimate of drug-likeness (QED) is 0.914. The number of amides is 1. The van der Waals surface area contributed by atoms with Crippen LogP contribution in [0, 0.1) is 6.92 Å². The normalized spacial score (nSPS) is 19.1. The van der Waals surface area contributed by atoms with E-state index in [1.165, 1.54) is 5.56 Å². The highest BCUT2D eigenvalue weighted by atomic mass is 16.2. The van der Waals surface area contributed by atoms with Crippen LogP contribution in [0.25, 0.3) is 0 Å². The second kappa shape index (κ2) is 4.88. The highest BCUT2D eigenvalue weighted by Gasteiger charge is 2.30. The van der Waals surface area contributed by atoms with E-state index in [0.717, 1.165) is 18.1 Å². The molecule has 1 amide bonds. The number of hydrogen-bond acceptors (Lipinski definition) is 2. The Morgan fingerprint density at radius 1 is 1.37 bits per heavy atom. The molecule has 1 N–H and O–H groups in total. The molecule has 0 radical (unpaired) electrons. The molecule has 4 heteroatoms. The van der Waals surface area contributed by atoms with Crippen molar-refractivity contribution in [3.8, 4) is 0 Å². The van der Waals surface area contributed by atoms with Gasteiger partial charge in [0.1, 0.15) is 5.82 Å². The van der Waals surface area contributed by atoms with Crippen molar-refractivity contribution in [1.82, 2.24) is 14.9 Å². The Kier molecular flexibility index (Phi) is 3.07. The molecule has 0 bridgehead atoms. The number of H-pyrrole nitrogens is 1. The Hall–Kier alpha value is -2.10. The first-order chi connectivity index (χ1) is 9.22. The molecule has 4 nitrogen and oxygen atoms in total. The Morgan fingerprint density at radius 3 is 2.84 bits per heavy atom. The van der Waals surface area contributed by atoms with Crippen LogP contribution in [0.4, 0.5) is 0 Å². The number of aromatic amines is 1. The molecule has 0 aliphatic carbocycles. The lowest BCUT2D eigenvalue weighted by atomic mass is 9.99. The fourth-order valence-electron chi connectivity index (χ4n) is 2.63. The largest absolute Gasteiger partial charge is 0.345 e. The highest BCUT2D eigenvalue weighted by molar-refractivity contribution is 5.79. The molecular formula is C15H17N3O. The number of aryl methyl sites for hydroxylation is 1. The average molecular weight is 255 g/mol. The summed E-state index contributed by atoms with van der Waals surface area (Å²) in [5.74, 6) is 1.43. The van der Waals surface area contributed by atoms with Crippen LogP contribution in [0.3, 0.4) is 0 Å². The monoisotopic (exact) mass is 255 g/mol. The van der Waals surface area contributed by atoms with Crippen LogP contribution in [0.15, 0.2) is 36.5 Å². The van der Waals surface area contributed by atoms with Gasteiger partial charge in [-0.2, -0.15) is 0 Å². The smallest absolute Gasteiger partial charge is 0.223 e. The average Bonchev–Trinajstić information content (AvgIpc) is 2.98. The van der Waals surface area contributed by atoms with Gasteiger partial charge in [-0.1, -0.05) is 30.3 Å².